The molecule has 0 heterocycles. The summed E-state index contributed by atoms with van der Waals surface area (Å²) in [7, 11) is 3.92. The monoisotopic (exact) mass is 417 g/mol. The van der Waals surface area contributed by atoms with Gasteiger partial charge in [-0.1, -0.05) is 24.3 Å². The number of benzene rings is 2. The minimum Gasteiger partial charge on any atom is -0.378 e. The molecule has 5 heteroatoms. The summed E-state index contributed by atoms with van der Waals surface area (Å²) in [5, 5.41) is 12.0. The van der Waals surface area contributed by atoms with Crippen LogP contribution < -0.4 is 10.2 Å². The van der Waals surface area contributed by atoms with Crippen molar-refractivity contribution in [2.75, 3.05) is 24.3 Å². The van der Waals surface area contributed by atoms with Gasteiger partial charge in [-0.05, 0) is 58.5 Å². The molecule has 1 N–H and O–H groups in total. The lowest BCUT2D eigenvalue weighted by Crippen LogP contribution is -2.14. The van der Waals surface area contributed by atoms with Crippen molar-refractivity contribution < 1.29 is 4.79 Å². The second-order valence-electron chi connectivity index (χ2n) is 5.09. The Morgan fingerprint density at radius 2 is 1.83 bits per heavy atom. The van der Waals surface area contributed by atoms with Crippen LogP contribution in [0.2, 0.25) is 0 Å². The first-order valence-corrected chi connectivity index (χ1v) is 8.04. The third kappa shape index (κ3) is 4.57. The van der Waals surface area contributed by atoms with Gasteiger partial charge in [0.25, 0.3) is 5.91 Å². The minimum absolute atomic E-state index is 0.0715. The molecule has 0 unspecified atom stereocenters. The predicted molar refractivity (Wildman–Crippen MR) is 102 cm³/mol. The van der Waals surface area contributed by atoms with Gasteiger partial charge in [-0.3, -0.25) is 4.79 Å². The Morgan fingerprint density at radius 1 is 1.17 bits per heavy atom. The fraction of sp³-hybridized carbons (Fsp3) is 0.111. The molecule has 4 nitrogen and oxygen atoms in total. The second-order valence-corrected chi connectivity index (χ2v) is 6.25. The Morgan fingerprint density at radius 3 is 2.39 bits per heavy atom. The number of hydrogen-bond donors (Lipinski definition) is 1. The highest BCUT2D eigenvalue weighted by Crippen LogP contribution is 2.19. The van der Waals surface area contributed by atoms with Gasteiger partial charge in [0.15, 0.2) is 0 Å². The predicted octanol–water partition coefficient (Wildman–Crippen LogP) is 3.90. The molecular formula is C18H16IN3O. The maximum Gasteiger partial charge on any atom is 0.266 e. The third-order valence-corrected chi connectivity index (χ3v) is 4.15. The van der Waals surface area contributed by atoms with Gasteiger partial charge in [0.2, 0.25) is 0 Å². The second kappa shape index (κ2) is 7.79. The molecule has 1 amide bonds. The van der Waals surface area contributed by atoms with Gasteiger partial charge in [0.1, 0.15) is 11.6 Å². The molecule has 0 saturated carbocycles. The molecule has 0 fully saturated rings. The zero-order valence-electron chi connectivity index (χ0n) is 12.9. The number of amides is 1. The van der Waals surface area contributed by atoms with E-state index in [2.05, 4.69) is 27.9 Å². The number of carbonyl (C=O) groups is 1. The van der Waals surface area contributed by atoms with E-state index in [4.69, 9.17) is 0 Å². The molecule has 2 rings (SSSR count). The SMILES string of the molecule is CN(C)c1ccc(/C=C(/C#N)C(=O)Nc2ccccc2I)cc1. The first kappa shape index (κ1) is 17.0. The van der Waals surface area contributed by atoms with Crippen molar-refractivity contribution >= 4 is 45.9 Å². The Balaban J connectivity index is 2.20. The maximum absolute atomic E-state index is 12.3. The van der Waals surface area contributed by atoms with Crippen molar-refractivity contribution in [2.24, 2.45) is 0 Å². The van der Waals surface area contributed by atoms with Crippen LogP contribution in [0.15, 0.2) is 54.1 Å². The molecule has 0 saturated heterocycles. The highest BCUT2D eigenvalue weighted by Gasteiger charge is 2.11. The molecule has 23 heavy (non-hydrogen) atoms. The van der Waals surface area contributed by atoms with E-state index in [0.29, 0.717) is 5.69 Å². The molecule has 0 aliphatic rings. The van der Waals surface area contributed by atoms with Crippen LogP contribution in [0, 0.1) is 14.9 Å². The lowest BCUT2D eigenvalue weighted by Gasteiger charge is -2.12. The van der Waals surface area contributed by atoms with Crippen LogP contribution in [0.5, 0.6) is 0 Å². The molecule has 116 valence electrons. The summed E-state index contributed by atoms with van der Waals surface area (Å²) in [6.07, 6.45) is 1.59. The average Bonchev–Trinajstić information content (AvgIpc) is 2.55. The molecule has 0 spiro atoms. The van der Waals surface area contributed by atoms with Gasteiger partial charge < -0.3 is 10.2 Å². The first-order valence-electron chi connectivity index (χ1n) is 6.96. The van der Waals surface area contributed by atoms with Gasteiger partial charge in [-0.2, -0.15) is 5.26 Å². The number of rotatable bonds is 4. The lowest BCUT2D eigenvalue weighted by molar-refractivity contribution is -0.112. The van der Waals surface area contributed by atoms with Crippen molar-refractivity contribution in [1.82, 2.24) is 0 Å². The number of carbonyl (C=O) groups excluding carboxylic acids is 1. The molecular weight excluding hydrogens is 401 g/mol. The topological polar surface area (TPSA) is 56.1 Å². The van der Waals surface area contributed by atoms with Crippen LogP contribution in [0.25, 0.3) is 6.08 Å². The Kier molecular flexibility index (Phi) is 5.77. The molecule has 0 bridgehead atoms. The van der Waals surface area contributed by atoms with Crippen molar-refractivity contribution in [2.45, 2.75) is 0 Å². The summed E-state index contributed by atoms with van der Waals surface area (Å²) in [5.74, 6) is -0.409. The van der Waals surface area contributed by atoms with Gasteiger partial charge in [-0.15, -0.1) is 0 Å². The van der Waals surface area contributed by atoms with E-state index in [1.165, 1.54) is 0 Å². The van der Waals surface area contributed by atoms with E-state index < -0.39 is 5.91 Å². The van der Waals surface area contributed by atoms with Gasteiger partial charge in [0, 0.05) is 23.4 Å². The van der Waals surface area contributed by atoms with E-state index in [-0.39, 0.29) is 5.57 Å². The van der Waals surface area contributed by atoms with Crippen molar-refractivity contribution in [3.05, 3.63) is 63.2 Å². The van der Waals surface area contributed by atoms with Crippen LogP contribution in [-0.4, -0.2) is 20.0 Å². The minimum atomic E-state index is -0.409. The van der Waals surface area contributed by atoms with E-state index in [9.17, 15) is 10.1 Å². The number of nitrogens with zero attached hydrogens (tertiary/aromatic N) is 2. The van der Waals surface area contributed by atoms with Crippen molar-refractivity contribution in [1.29, 1.82) is 5.26 Å². The summed E-state index contributed by atoms with van der Waals surface area (Å²) >= 11 is 2.14. The summed E-state index contributed by atoms with van der Waals surface area (Å²) in [5.41, 5.74) is 2.64. The molecule has 0 aliphatic heterocycles. The highest BCUT2D eigenvalue weighted by atomic mass is 127. The van der Waals surface area contributed by atoms with Gasteiger partial charge in [0.05, 0.1) is 5.69 Å². The van der Waals surface area contributed by atoms with Crippen LogP contribution in [-0.2, 0) is 4.79 Å². The largest absolute Gasteiger partial charge is 0.378 e. The number of nitriles is 1. The van der Waals surface area contributed by atoms with Crippen LogP contribution in [0.4, 0.5) is 11.4 Å². The van der Waals surface area contributed by atoms with Gasteiger partial charge in [-0.25, -0.2) is 0 Å². The molecule has 2 aromatic carbocycles. The van der Waals surface area contributed by atoms with Crippen LogP contribution >= 0.6 is 22.6 Å². The zero-order chi connectivity index (χ0) is 16.8. The van der Waals surface area contributed by atoms with Crippen molar-refractivity contribution in [3.8, 4) is 6.07 Å². The first-order chi connectivity index (χ1) is 11.0. The fourth-order valence-electron chi connectivity index (χ4n) is 1.94. The van der Waals surface area contributed by atoms with E-state index in [1.807, 2.05) is 67.5 Å². The summed E-state index contributed by atoms with van der Waals surface area (Å²) in [4.78, 5) is 14.3. The normalized spacial score (nSPS) is 10.8. The summed E-state index contributed by atoms with van der Waals surface area (Å²) < 4.78 is 0.922. The highest BCUT2D eigenvalue weighted by molar-refractivity contribution is 14.1. The van der Waals surface area contributed by atoms with E-state index in [1.54, 1.807) is 12.1 Å². The standard InChI is InChI=1S/C18H16IN3O/c1-22(2)15-9-7-13(8-10-15)11-14(12-20)18(23)21-17-6-4-3-5-16(17)19/h3-11H,1-2H3,(H,21,23)/b14-11-. The lowest BCUT2D eigenvalue weighted by atomic mass is 10.1. The number of halogens is 1. The number of anilines is 2. The smallest absolute Gasteiger partial charge is 0.266 e. The Labute approximate surface area is 149 Å². The summed E-state index contributed by atoms with van der Waals surface area (Å²) in [6, 6.07) is 17.0. The van der Waals surface area contributed by atoms with Crippen LogP contribution in [0.3, 0.4) is 0 Å². The van der Waals surface area contributed by atoms with Crippen LogP contribution in [0.1, 0.15) is 5.56 Å². The molecule has 0 aliphatic carbocycles. The number of para-hydroxylation sites is 1. The fourth-order valence-corrected chi connectivity index (χ4v) is 2.46. The molecule has 0 atom stereocenters. The maximum atomic E-state index is 12.3. The summed E-state index contributed by atoms with van der Waals surface area (Å²) in [6.45, 7) is 0. The van der Waals surface area contributed by atoms with E-state index >= 15 is 0 Å². The van der Waals surface area contributed by atoms with Gasteiger partial charge >= 0.3 is 0 Å². The number of nitrogens with one attached hydrogen (secondary N) is 1. The third-order valence-electron chi connectivity index (χ3n) is 3.21. The molecule has 2 aromatic rings. The van der Waals surface area contributed by atoms with Crippen molar-refractivity contribution in [3.63, 3.8) is 0 Å². The zero-order valence-corrected chi connectivity index (χ0v) is 15.0. The molecule has 0 aromatic heterocycles. The Hall–Kier alpha value is -2.33. The Bertz CT molecular complexity index is 774. The number of hydrogen-bond acceptors (Lipinski definition) is 3. The van der Waals surface area contributed by atoms with E-state index in [0.717, 1.165) is 14.8 Å². The average molecular weight is 417 g/mol. The molecule has 0 radical (unpaired) electrons. The quantitative estimate of drug-likeness (QED) is 0.467.